The van der Waals surface area contributed by atoms with Gasteiger partial charge in [-0.25, -0.2) is 0 Å². The van der Waals surface area contributed by atoms with Crippen LogP contribution in [0.1, 0.15) is 5.56 Å². The summed E-state index contributed by atoms with van der Waals surface area (Å²) in [5.74, 6) is 1.000. The molecule has 0 unspecified atom stereocenters. The lowest BCUT2D eigenvalue weighted by Crippen LogP contribution is -2.02. The van der Waals surface area contributed by atoms with Crippen molar-refractivity contribution in [3.8, 4) is 0 Å². The second kappa shape index (κ2) is 5.25. The Morgan fingerprint density at radius 2 is 1.76 bits per heavy atom. The molecule has 2 rings (SSSR count). The summed E-state index contributed by atoms with van der Waals surface area (Å²) in [4.78, 5) is 0. The molecule has 1 aromatic carbocycles. The average Bonchev–Trinajstić information content (AvgIpc) is 2.34. The second-order valence-corrected chi connectivity index (χ2v) is 3.98. The summed E-state index contributed by atoms with van der Waals surface area (Å²) in [6.45, 7) is 2.07. The number of aromatic nitrogens is 2. The van der Waals surface area contributed by atoms with E-state index >= 15 is 0 Å². The minimum atomic E-state index is 1.000. The lowest BCUT2D eigenvalue weighted by molar-refractivity contribution is 0.755. The predicted octanol–water partition coefficient (Wildman–Crippen LogP) is 3.53. The zero-order chi connectivity index (χ0) is 12.1. The Bertz CT molecular complexity index is 522. The molecule has 2 aromatic rings. The van der Waals surface area contributed by atoms with E-state index in [1.807, 2.05) is 54.3 Å². The maximum atomic E-state index is 3.36. The Morgan fingerprint density at radius 3 is 2.53 bits per heavy atom. The number of nitrogens with zero attached hydrogens (tertiary/aromatic N) is 1. The van der Waals surface area contributed by atoms with Crippen molar-refractivity contribution in [3.63, 3.8) is 0 Å². The van der Waals surface area contributed by atoms with E-state index in [4.69, 9.17) is 0 Å². The number of aromatic amines is 1. The van der Waals surface area contributed by atoms with E-state index in [2.05, 4.69) is 29.5 Å². The Balaban J connectivity index is 2.36. The van der Waals surface area contributed by atoms with Gasteiger partial charge in [0, 0.05) is 18.9 Å². The number of rotatable bonds is 2. The Morgan fingerprint density at radius 1 is 1.00 bits per heavy atom. The lowest BCUT2D eigenvalue weighted by Gasteiger charge is -2.10. The van der Waals surface area contributed by atoms with Crippen molar-refractivity contribution in [2.45, 2.75) is 6.92 Å². The van der Waals surface area contributed by atoms with Crippen LogP contribution in [0, 0.1) is 6.92 Å². The number of hydrogen-bond donors (Lipinski definition) is 2. The van der Waals surface area contributed by atoms with Crippen LogP contribution in [-0.2, 0) is 7.05 Å². The van der Waals surface area contributed by atoms with Crippen LogP contribution in [0.3, 0.4) is 0 Å². The summed E-state index contributed by atoms with van der Waals surface area (Å²) >= 11 is 0. The Hall–Kier alpha value is -2.16. The average molecular weight is 227 g/mol. The number of hydrogen-bond acceptors (Lipinski definition) is 1. The van der Waals surface area contributed by atoms with Gasteiger partial charge in [-0.2, -0.15) is 0 Å². The van der Waals surface area contributed by atoms with Gasteiger partial charge in [-0.15, -0.1) is 0 Å². The minimum Gasteiger partial charge on any atom is -0.341 e. The molecule has 2 N–H and O–H groups in total. The van der Waals surface area contributed by atoms with Gasteiger partial charge in [0.15, 0.2) is 0 Å². The molecule has 17 heavy (non-hydrogen) atoms. The second-order valence-electron chi connectivity index (χ2n) is 3.98. The summed E-state index contributed by atoms with van der Waals surface area (Å²) in [5, 5.41) is 6.53. The molecule has 0 saturated carbocycles. The van der Waals surface area contributed by atoms with Gasteiger partial charge in [0.05, 0.1) is 0 Å². The molecular weight excluding hydrogens is 210 g/mol. The molecule has 0 bridgehead atoms. The van der Waals surface area contributed by atoms with Crippen LogP contribution in [0.25, 0.3) is 0 Å². The van der Waals surface area contributed by atoms with Crippen LogP contribution in [0.5, 0.6) is 0 Å². The standard InChI is InChI=1S/C14H17N3/c1-12-8-9-14(17(2)15-11-10-12)16-13-6-4-3-5-7-13/h3-11,15-16H,1-2H3. The largest absolute Gasteiger partial charge is 0.341 e. The first-order valence-electron chi connectivity index (χ1n) is 5.63. The predicted molar refractivity (Wildman–Crippen MR) is 71.9 cm³/mol. The van der Waals surface area contributed by atoms with Gasteiger partial charge in [-0.05, 0) is 36.8 Å². The number of H-pyrrole nitrogens is 1. The zero-order valence-electron chi connectivity index (χ0n) is 10.1. The summed E-state index contributed by atoms with van der Waals surface area (Å²) < 4.78 is 1.94. The maximum absolute atomic E-state index is 3.36. The van der Waals surface area contributed by atoms with E-state index in [1.165, 1.54) is 5.56 Å². The summed E-state index contributed by atoms with van der Waals surface area (Å²) in [7, 11) is 1.97. The minimum absolute atomic E-state index is 1.000. The molecule has 0 radical (unpaired) electrons. The maximum Gasteiger partial charge on any atom is 0.124 e. The fourth-order valence-corrected chi connectivity index (χ4v) is 1.52. The highest BCUT2D eigenvalue weighted by atomic mass is 15.3. The number of benzene rings is 1. The third-order valence-corrected chi connectivity index (χ3v) is 2.53. The fourth-order valence-electron chi connectivity index (χ4n) is 1.52. The smallest absolute Gasteiger partial charge is 0.124 e. The van der Waals surface area contributed by atoms with Crippen molar-refractivity contribution >= 4 is 11.5 Å². The van der Waals surface area contributed by atoms with Crippen LogP contribution >= 0.6 is 0 Å². The van der Waals surface area contributed by atoms with Gasteiger partial charge in [0.1, 0.15) is 5.82 Å². The molecule has 0 aliphatic carbocycles. The molecular formula is C14H17N3. The normalized spacial score (nSPS) is 9.76. The van der Waals surface area contributed by atoms with E-state index in [1.54, 1.807) is 0 Å². The van der Waals surface area contributed by atoms with Crippen molar-refractivity contribution in [2.24, 2.45) is 7.05 Å². The van der Waals surface area contributed by atoms with Crippen LogP contribution < -0.4 is 5.32 Å². The number of anilines is 2. The van der Waals surface area contributed by atoms with E-state index in [0.29, 0.717) is 0 Å². The molecule has 0 amide bonds. The van der Waals surface area contributed by atoms with Crippen molar-refractivity contribution in [3.05, 3.63) is 60.3 Å². The topological polar surface area (TPSA) is 32.8 Å². The highest BCUT2D eigenvalue weighted by molar-refractivity contribution is 5.55. The summed E-state index contributed by atoms with van der Waals surface area (Å²) in [6.07, 6.45) is 1.92. The quantitative estimate of drug-likeness (QED) is 0.808. The third-order valence-electron chi connectivity index (χ3n) is 2.53. The van der Waals surface area contributed by atoms with E-state index in [9.17, 15) is 0 Å². The highest BCUT2D eigenvalue weighted by Crippen LogP contribution is 2.13. The van der Waals surface area contributed by atoms with E-state index in [-0.39, 0.29) is 0 Å². The lowest BCUT2D eigenvalue weighted by atomic mass is 10.3. The van der Waals surface area contributed by atoms with E-state index in [0.717, 1.165) is 11.5 Å². The van der Waals surface area contributed by atoms with Crippen LogP contribution in [-0.4, -0.2) is 9.78 Å². The van der Waals surface area contributed by atoms with Crippen molar-refractivity contribution < 1.29 is 0 Å². The molecule has 0 saturated heterocycles. The van der Waals surface area contributed by atoms with Crippen molar-refractivity contribution in [1.82, 2.24) is 9.78 Å². The Labute approximate surface area is 101 Å². The molecule has 3 heteroatoms. The SMILES string of the molecule is Cc1cc[nH]n(C)c(Nc2ccccc2)cc1. The van der Waals surface area contributed by atoms with Gasteiger partial charge in [0.2, 0.25) is 0 Å². The molecule has 0 fully saturated rings. The molecule has 1 heterocycles. The zero-order valence-corrected chi connectivity index (χ0v) is 10.1. The fraction of sp³-hybridized carbons (Fsp3) is 0.143. The molecule has 3 nitrogen and oxygen atoms in total. The first-order chi connectivity index (χ1) is 8.25. The van der Waals surface area contributed by atoms with Gasteiger partial charge in [0.25, 0.3) is 0 Å². The van der Waals surface area contributed by atoms with Crippen molar-refractivity contribution in [1.29, 1.82) is 0 Å². The molecule has 0 atom stereocenters. The summed E-state index contributed by atoms with van der Waals surface area (Å²) in [6, 6.07) is 16.3. The van der Waals surface area contributed by atoms with Crippen LogP contribution in [0.2, 0.25) is 0 Å². The third kappa shape index (κ3) is 3.14. The summed E-state index contributed by atoms with van der Waals surface area (Å²) in [5.41, 5.74) is 2.28. The first-order valence-corrected chi connectivity index (χ1v) is 5.63. The number of aryl methyl sites for hydroxylation is 2. The molecule has 0 aliphatic heterocycles. The molecule has 0 spiro atoms. The van der Waals surface area contributed by atoms with Crippen LogP contribution in [0.15, 0.2) is 54.7 Å². The van der Waals surface area contributed by atoms with E-state index < -0.39 is 0 Å². The van der Waals surface area contributed by atoms with Crippen molar-refractivity contribution in [2.75, 3.05) is 5.32 Å². The highest BCUT2D eigenvalue weighted by Gasteiger charge is 1.94. The van der Waals surface area contributed by atoms with Gasteiger partial charge < -0.3 is 10.4 Å². The van der Waals surface area contributed by atoms with Gasteiger partial charge in [-0.1, -0.05) is 24.3 Å². The molecule has 1 aromatic heterocycles. The number of para-hydroxylation sites is 1. The Kier molecular flexibility index (Phi) is 3.50. The monoisotopic (exact) mass is 227 g/mol. The first kappa shape index (κ1) is 11.3. The van der Waals surface area contributed by atoms with Gasteiger partial charge in [-0.3, -0.25) is 4.68 Å². The molecule has 88 valence electrons. The molecule has 0 aliphatic rings. The number of nitrogens with one attached hydrogen (secondary N) is 2. The van der Waals surface area contributed by atoms with Crippen LogP contribution in [0.4, 0.5) is 11.5 Å². The van der Waals surface area contributed by atoms with Gasteiger partial charge >= 0.3 is 0 Å².